The summed E-state index contributed by atoms with van der Waals surface area (Å²) in [7, 11) is 1.67. The minimum absolute atomic E-state index is 0.665. The van der Waals surface area contributed by atoms with Crippen LogP contribution in [0.5, 0.6) is 5.75 Å². The molecule has 2 heterocycles. The Morgan fingerprint density at radius 1 is 1.19 bits per heavy atom. The van der Waals surface area contributed by atoms with Crippen LogP contribution in [0.15, 0.2) is 34.9 Å². The third kappa shape index (κ3) is 1.25. The molecule has 0 unspecified atom stereocenters. The van der Waals surface area contributed by atoms with Crippen LogP contribution in [0.4, 0.5) is 0 Å². The van der Waals surface area contributed by atoms with Crippen LogP contribution in [0.3, 0.4) is 0 Å². The average Bonchev–Trinajstić information content (AvgIpc) is 2.72. The van der Waals surface area contributed by atoms with Gasteiger partial charge in [0.15, 0.2) is 0 Å². The monoisotopic (exact) mass is 213 g/mol. The Morgan fingerprint density at radius 3 is 2.88 bits per heavy atom. The highest BCUT2D eigenvalue weighted by atomic mass is 16.5. The van der Waals surface area contributed by atoms with E-state index < -0.39 is 0 Å². The van der Waals surface area contributed by atoms with E-state index >= 15 is 0 Å². The molecule has 0 radical (unpaired) electrons. The number of hydrogen-bond acceptors (Lipinski definition) is 3. The number of fused-ring (bicyclic) bond motifs is 2. The molecule has 3 nitrogen and oxygen atoms in total. The molecule has 0 aliphatic carbocycles. The summed E-state index contributed by atoms with van der Waals surface area (Å²) in [6.45, 7) is 2.03. The third-order valence-electron chi connectivity index (χ3n) is 2.75. The average molecular weight is 213 g/mol. The van der Waals surface area contributed by atoms with Gasteiger partial charge < -0.3 is 9.15 Å². The maximum atomic E-state index is 5.28. The summed E-state index contributed by atoms with van der Waals surface area (Å²) in [4.78, 5) is 4.44. The van der Waals surface area contributed by atoms with E-state index in [9.17, 15) is 0 Å². The Balaban J connectivity index is 2.41. The van der Waals surface area contributed by atoms with Gasteiger partial charge in [0.1, 0.15) is 5.75 Å². The molecule has 0 saturated heterocycles. The highest BCUT2D eigenvalue weighted by Gasteiger charge is 2.05. The fraction of sp³-hybridized carbons (Fsp3) is 0.154. The van der Waals surface area contributed by atoms with E-state index in [2.05, 4.69) is 17.1 Å². The number of hydrogen-bond donors (Lipinski definition) is 0. The molecule has 0 bridgehead atoms. The molecule has 3 heteroatoms. The van der Waals surface area contributed by atoms with Crippen molar-refractivity contribution in [1.29, 1.82) is 0 Å². The SMILES string of the molecule is COc1cc2nc3occc3cc2cc1C. The Hall–Kier alpha value is -2.03. The zero-order chi connectivity index (χ0) is 11.1. The number of aryl methyl sites for hydroxylation is 1. The standard InChI is InChI=1S/C13H11NO2/c1-8-5-10-6-9-3-4-16-13(9)14-11(10)7-12(8)15-2/h3-7H,1-2H3. The molecular formula is C13H11NO2. The van der Waals surface area contributed by atoms with Gasteiger partial charge >= 0.3 is 0 Å². The van der Waals surface area contributed by atoms with Crippen molar-refractivity contribution in [3.05, 3.63) is 36.1 Å². The topological polar surface area (TPSA) is 35.3 Å². The molecule has 3 rings (SSSR count). The van der Waals surface area contributed by atoms with Crippen molar-refractivity contribution in [1.82, 2.24) is 4.98 Å². The molecule has 0 amide bonds. The Labute approximate surface area is 92.7 Å². The molecule has 1 aromatic carbocycles. The third-order valence-corrected chi connectivity index (χ3v) is 2.75. The molecule has 0 aliphatic heterocycles. The molecule has 0 spiro atoms. The lowest BCUT2D eigenvalue weighted by Crippen LogP contribution is -1.88. The first-order chi connectivity index (χ1) is 7.78. The normalized spacial score (nSPS) is 11.1. The van der Waals surface area contributed by atoms with E-state index in [-0.39, 0.29) is 0 Å². The number of pyridine rings is 1. The van der Waals surface area contributed by atoms with Crippen molar-refractivity contribution in [3.63, 3.8) is 0 Å². The summed E-state index contributed by atoms with van der Waals surface area (Å²) in [6, 6.07) is 8.01. The second kappa shape index (κ2) is 3.23. The van der Waals surface area contributed by atoms with Crippen molar-refractivity contribution in [2.75, 3.05) is 7.11 Å². The maximum absolute atomic E-state index is 5.28. The zero-order valence-electron chi connectivity index (χ0n) is 9.15. The Morgan fingerprint density at radius 2 is 2.06 bits per heavy atom. The fourth-order valence-corrected chi connectivity index (χ4v) is 1.92. The van der Waals surface area contributed by atoms with Crippen LogP contribution >= 0.6 is 0 Å². The summed E-state index contributed by atoms with van der Waals surface area (Å²) < 4.78 is 10.6. The van der Waals surface area contributed by atoms with Gasteiger partial charge in [-0.1, -0.05) is 0 Å². The van der Waals surface area contributed by atoms with Gasteiger partial charge in [0.05, 0.1) is 18.9 Å². The number of aromatic nitrogens is 1. The molecule has 2 aromatic heterocycles. The lowest BCUT2D eigenvalue weighted by Gasteiger charge is -2.05. The molecule has 3 aromatic rings. The van der Waals surface area contributed by atoms with Gasteiger partial charge in [0, 0.05) is 16.8 Å². The van der Waals surface area contributed by atoms with Crippen molar-refractivity contribution in [2.24, 2.45) is 0 Å². The summed E-state index contributed by atoms with van der Waals surface area (Å²) in [6.07, 6.45) is 1.65. The molecule has 0 N–H and O–H groups in total. The number of methoxy groups -OCH3 is 1. The fourth-order valence-electron chi connectivity index (χ4n) is 1.92. The zero-order valence-corrected chi connectivity index (χ0v) is 9.15. The highest BCUT2D eigenvalue weighted by molar-refractivity contribution is 5.91. The van der Waals surface area contributed by atoms with Gasteiger partial charge in [-0.15, -0.1) is 0 Å². The molecule has 16 heavy (non-hydrogen) atoms. The van der Waals surface area contributed by atoms with Crippen molar-refractivity contribution < 1.29 is 9.15 Å². The number of nitrogens with zero attached hydrogens (tertiary/aromatic N) is 1. The van der Waals surface area contributed by atoms with E-state index in [0.717, 1.165) is 27.6 Å². The highest BCUT2D eigenvalue weighted by Crippen LogP contribution is 2.26. The first kappa shape index (κ1) is 9.21. The van der Waals surface area contributed by atoms with Gasteiger partial charge in [0.2, 0.25) is 5.71 Å². The molecule has 80 valence electrons. The first-order valence-corrected chi connectivity index (χ1v) is 5.10. The van der Waals surface area contributed by atoms with Crippen LogP contribution in [0.1, 0.15) is 5.56 Å². The van der Waals surface area contributed by atoms with E-state index in [1.54, 1.807) is 13.4 Å². The van der Waals surface area contributed by atoms with Crippen LogP contribution in [0, 0.1) is 6.92 Å². The van der Waals surface area contributed by atoms with Crippen LogP contribution < -0.4 is 4.74 Å². The lowest BCUT2D eigenvalue weighted by molar-refractivity contribution is 0.412. The molecular weight excluding hydrogens is 202 g/mol. The predicted molar refractivity (Wildman–Crippen MR) is 62.8 cm³/mol. The molecule has 0 saturated carbocycles. The maximum Gasteiger partial charge on any atom is 0.226 e. The Kier molecular flexibility index (Phi) is 1.86. The van der Waals surface area contributed by atoms with Crippen LogP contribution in [-0.2, 0) is 0 Å². The summed E-state index contributed by atoms with van der Waals surface area (Å²) in [5.41, 5.74) is 2.67. The number of rotatable bonds is 1. The second-order valence-electron chi connectivity index (χ2n) is 3.82. The number of benzene rings is 1. The van der Waals surface area contributed by atoms with Gasteiger partial charge in [-0.3, -0.25) is 0 Å². The lowest BCUT2D eigenvalue weighted by atomic mass is 10.1. The van der Waals surface area contributed by atoms with E-state index in [1.165, 1.54) is 0 Å². The van der Waals surface area contributed by atoms with E-state index in [0.29, 0.717) is 5.71 Å². The molecule has 0 fully saturated rings. The van der Waals surface area contributed by atoms with Crippen molar-refractivity contribution in [2.45, 2.75) is 6.92 Å². The summed E-state index contributed by atoms with van der Waals surface area (Å²) >= 11 is 0. The predicted octanol–water partition coefficient (Wildman–Crippen LogP) is 3.30. The van der Waals surface area contributed by atoms with E-state index in [1.807, 2.05) is 19.1 Å². The summed E-state index contributed by atoms with van der Waals surface area (Å²) in [5, 5.41) is 2.13. The number of ether oxygens (including phenoxy) is 1. The first-order valence-electron chi connectivity index (χ1n) is 5.10. The largest absolute Gasteiger partial charge is 0.496 e. The number of furan rings is 1. The quantitative estimate of drug-likeness (QED) is 0.622. The van der Waals surface area contributed by atoms with Crippen molar-refractivity contribution >= 4 is 22.0 Å². The van der Waals surface area contributed by atoms with Gasteiger partial charge in [0.25, 0.3) is 0 Å². The molecule has 0 aliphatic rings. The minimum Gasteiger partial charge on any atom is -0.496 e. The van der Waals surface area contributed by atoms with Crippen LogP contribution in [-0.4, -0.2) is 12.1 Å². The van der Waals surface area contributed by atoms with E-state index in [4.69, 9.17) is 9.15 Å². The van der Waals surface area contributed by atoms with Crippen LogP contribution in [0.2, 0.25) is 0 Å². The van der Waals surface area contributed by atoms with Gasteiger partial charge in [-0.2, -0.15) is 0 Å². The smallest absolute Gasteiger partial charge is 0.226 e. The van der Waals surface area contributed by atoms with Crippen molar-refractivity contribution in [3.8, 4) is 5.75 Å². The van der Waals surface area contributed by atoms with Gasteiger partial charge in [-0.25, -0.2) is 4.98 Å². The van der Waals surface area contributed by atoms with Crippen LogP contribution in [0.25, 0.3) is 22.0 Å². The minimum atomic E-state index is 0.665. The molecule has 0 atom stereocenters. The summed E-state index contributed by atoms with van der Waals surface area (Å²) in [5.74, 6) is 0.853. The van der Waals surface area contributed by atoms with Gasteiger partial charge in [-0.05, 0) is 30.7 Å². The second-order valence-corrected chi connectivity index (χ2v) is 3.82. The Bertz CT molecular complexity index is 670.